The number of nitrogens with one attached hydrogen (secondary N) is 1. The van der Waals surface area contributed by atoms with Crippen LogP contribution in [0.4, 0.5) is 9.93 Å². The highest BCUT2D eigenvalue weighted by Gasteiger charge is 2.33. The van der Waals surface area contributed by atoms with Gasteiger partial charge in [-0.3, -0.25) is 10.1 Å². The summed E-state index contributed by atoms with van der Waals surface area (Å²) >= 11 is 2.90. The molecule has 2 saturated carbocycles. The van der Waals surface area contributed by atoms with Crippen molar-refractivity contribution in [2.24, 2.45) is 0 Å². The summed E-state index contributed by atoms with van der Waals surface area (Å²) in [5.41, 5.74) is 0. The molecule has 0 spiro atoms. The average Bonchev–Trinajstić information content (AvgIpc) is 3.23. The van der Waals surface area contributed by atoms with E-state index in [1.165, 1.54) is 61.6 Å². The van der Waals surface area contributed by atoms with E-state index in [0.29, 0.717) is 23.0 Å². The lowest BCUT2D eigenvalue weighted by atomic mass is 10.0. The van der Waals surface area contributed by atoms with Crippen LogP contribution in [0.1, 0.15) is 70.6 Å². The molecule has 1 heterocycles. The zero-order valence-electron chi connectivity index (χ0n) is 15.7. The van der Waals surface area contributed by atoms with Crippen molar-refractivity contribution in [1.29, 1.82) is 0 Å². The average molecular weight is 412 g/mol. The van der Waals surface area contributed by atoms with E-state index >= 15 is 0 Å². The zero-order valence-corrected chi connectivity index (χ0v) is 17.3. The van der Waals surface area contributed by atoms with E-state index < -0.39 is 5.97 Å². The second-order valence-electron chi connectivity index (χ2n) is 7.40. The van der Waals surface area contributed by atoms with Crippen LogP contribution in [0, 0.1) is 0 Å². The van der Waals surface area contributed by atoms with Crippen LogP contribution < -0.4 is 5.32 Å². The van der Waals surface area contributed by atoms with Gasteiger partial charge in [0.2, 0.25) is 0 Å². The minimum absolute atomic E-state index is 0.00904. The molecule has 2 N–H and O–H groups in total. The Labute approximate surface area is 169 Å². The van der Waals surface area contributed by atoms with E-state index in [1.54, 1.807) is 6.20 Å². The van der Waals surface area contributed by atoms with Crippen molar-refractivity contribution >= 4 is 40.2 Å². The number of carboxylic acids is 1. The van der Waals surface area contributed by atoms with Gasteiger partial charge < -0.3 is 10.0 Å². The molecule has 0 bridgehead atoms. The summed E-state index contributed by atoms with van der Waals surface area (Å²) in [4.78, 5) is 30.2. The van der Waals surface area contributed by atoms with Gasteiger partial charge in [0, 0.05) is 17.8 Å². The van der Waals surface area contributed by atoms with Crippen LogP contribution >= 0.6 is 23.1 Å². The van der Waals surface area contributed by atoms with Crippen molar-refractivity contribution in [3.63, 3.8) is 0 Å². The summed E-state index contributed by atoms with van der Waals surface area (Å²) in [5, 5.41) is 12.4. The Morgan fingerprint density at radius 1 is 1.11 bits per heavy atom. The highest BCUT2D eigenvalue weighted by Crippen LogP contribution is 2.32. The first-order chi connectivity index (χ1) is 13.1. The molecule has 0 aromatic carbocycles. The van der Waals surface area contributed by atoms with Gasteiger partial charge in [0.25, 0.3) is 0 Å². The van der Waals surface area contributed by atoms with Crippen LogP contribution in [0.2, 0.25) is 0 Å². The van der Waals surface area contributed by atoms with E-state index in [-0.39, 0.29) is 12.5 Å². The minimum Gasteiger partial charge on any atom is -0.481 e. The molecule has 0 saturated heterocycles. The van der Waals surface area contributed by atoms with Crippen LogP contribution in [-0.2, 0) is 4.79 Å². The molecule has 1 aromatic rings. The molecule has 3 rings (SSSR count). The molecule has 150 valence electrons. The van der Waals surface area contributed by atoms with Crippen molar-refractivity contribution in [1.82, 2.24) is 9.88 Å². The molecule has 0 unspecified atom stereocenters. The molecule has 8 heteroatoms. The van der Waals surface area contributed by atoms with Crippen molar-refractivity contribution in [2.45, 2.75) is 86.9 Å². The number of nitrogens with zero attached hydrogens (tertiary/aromatic N) is 2. The molecule has 2 fully saturated rings. The number of hydrogen-bond acceptors (Lipinski definition) is 5. The maximum Gasteiger partial charge on any atom is 0.324 e. The lowest BCUT2D eigenvalue weighted by Gasteiger charge is -2.36. The van der Waals surface area contributed by atoms with E-state index in [4.69, 9.17) is 5.11 Å². The number of rotatable bonds is 7. The summed E-state index contributed by atoms with van der Waals surface area (Å²) in [7, 11) is 0. The number of thioether (sulfide) groups is 1. The van der Waals surface area contributed by atoms with Crippen LogP contribution in [0.15, 0.2) is 10.4 Å². The largest absolute Gasteiger partial charge is 0.481 e. The van der Waals surface area contributed by atoms with Gasteiger partial charge in [0.05, 0.1) is 16.8 Å². The maximum absolute atomic E-state index is 13.1. The number of anilines is 1. The molecule has 6 nitrogen and oxygen atoms in total. The van der Waals surface area contributed by atoms with Gasteiger partial charge in [-0.1, -0.05) is 49.9 Å². The standard InChI is InChI=1S/C19H29N3O3S2/c23-16(24)11-12-26-17-13-20-18(27-17)21-19(25)22(15-9-5-6-10-15)14-7-3-1-2-4-8-14/h13-15H,1-12H2,(H,23,24)(H,20,21,25). The smallest absolute Gasteiger partial charge is 0.324 e. The normalized spacial score (nSPS) is 19.0. The molecule has 0 atom stereocenters. The monoisotopic (exact) mass is 411 g/mol. The summed E-state index contributed by atoms with van der Waals surface area (Å²) in [6, 6.07) is 0.697. The number of urea groups is 1. The number of hydrogen-bond donors (Lipinski definition) is 2. The fourth-order valence-electron chi connectivity index (χ4n) is 4.13. The highest BCUT2D eigenvalue weighted by atomic mass is 32.2. The topological polar surface area (TPSA) is 82.5 Å². The van der Waals surface area contributed by atoms with Crippen molar-refractivity contribution < 1.29 is 14.7 Å². The summed E-state index contributed by atoms with van der Waals surface area (Å²) in [6.07, 6.45) is 13.7. The predicted octanol–water partition coefficient (Wildman–Crippen LogP) is 5.21. The number of aliphatic carboxylic acids is 1. The van der Waals surface area contributed by atoms with Crippen molar-refractivity contribution in [2.75, 3.05) is 11.1 Å². The quantitative estimate of drug-likeness (QED) is 0.475. The summed E-state index contributed by atoms with van der Waals surface area (Å²) in [5.74, 6) is -0.280. The van der Waals surface area contributed by atoms with Crippen LogP contribution in [0.3, 0.4) is 0 Å². The maximum atomic E-state index is 13.1. The number of thiazole rings is 1. The number of amides is 2. The van der Waals surface area contributed by atoms with Crippen LogP contribution in [0.25, 0.3) is 0 Å². The molecule has 2 aliphatic carbocycles. The second-order valence-corrected chi connectivity index (χ2v) is 9.82. The molecular formula is C19H29N3O3S2. The molecular weight excluding hydrogens is 382 g/mol. The fourth-order valence-corrected chi connectivity index (χ4v) is 5.99. The molecule has 0 aliphatic heterocycles. The minimum atomic E-state index is -0.795. The number of carbonyl (C=O) groups is 2. The highest BCUT2D eigenvalue weighted by molar-refractivity contribution is 8.01. The Hall–Kier alpha value is -1.28. The number of aromatic nitrogens is 1. The third-order valence-electron chi connectivity index (χ3n) is 5.43. The summed E-state index contributed by atoms with van der Waals surface area (Å²) < 4.78 is 0.938. The Morgan fingerprint density at radius 2 is 1.70 bits per heavy atom. The Bertz CT molecular complexity index is 623. The second kappa shape index (κ2) is 10.3. The molecule has 1 aromatic heterocycles. The Kier molecular flexibility index (Phi) is 7.81. The lowest BCUT2D eigenvalue weighted by molar-refractivity contribution is -0.136. The first-order valence-electron chi connectivity index (χ1n) is 10.0. The van der Waals surface area contributed by atoms with Gasteiger partial charge in [-0.15, -0.1) is 11.8 Å². The van der Waals surface area contributed by atoms with E-state index in [0.717, 1.165) is 29.9 Å². The zero-order chi connectivity index (χ0) is 19.1. The summed E-state index contributed by atoms with van der Waals surface area (Å²) in [6.45, 7) is 0. The van der Waals surface area contributed by atoms with Crippen molar-refractivity contribution in [3.05, 3.63) is 6.20 Å². The first kappa shape index (κ1) is 20.5. The van der Waals surface area contributed by atoms with Gasteiger partial charge in [-0.2, -0.15) is 0 Å². The van der Waals surface area contributed by atoms with Crippen molar-refractivity contribution in [3.8, 4) is 0 Å². The molecule has 27 heavy (non-hydrogen) atoms. The molecule has 2 amide bonds. The van der Waals surface area contributed by atoms with Crippen LogP contribution in [-0.4, -0.2) is 44.8 Å². The Balaban J connectivity index is 1.61. The molecule has 2 aliphatic rings. The molecule has 0 radical (unpaired) electrons. The van der Waals surface area contributed by atoms with Gasteiger partial charge >= 0.3 is 12.0 Å². The van der Waals surface area contributed by atoms with Gasteiger partial charge in [0.15, 0.2) is 5.13 Å². The van der Waals surface area contributed by atoms with Gasteiger partial charge in [0.1, 0.15) is 0 Å². The van der Waals surface area contributed by atoms with Gasteiger partial charge in [-0.25, -0.2) is 9.78 Å². The third-order valence-corrected chi connectivity index (χ3v) is 7.54. The SMILES string of the molecule is O=C(O)CCSc1cnc(NC(=O)N(C2CCCCCC2)C2CCCC2)s1. The van der Waals surface area contributed by atoms with Gasteiger partial charge in [-0.05, 0) is 25.7 Å². The lowest BCUT2D eigenvalue weighted by Crippen LogP contribution is -2.48. The van der Waals surface area contributed by atoms with E-state index in [9.17, 15) is 9.59 Å². The number of carbonyl (C=O) groups excluding carboxylic acids is 1. The van der Waals surface area contributed by atoms with E-state index in [2.05, 4.69) is 15.2 Å². The number of carboxylic acid groups (broad SMARTS) is 1. The van der Waals surface area contributed by atoms with Crippen LogP contribution in [0.5, 0.6) is 0 Å². The van der Waals surface area contributed by atoms with E-state index in [1.807, 2.05) is 0 Å². The first-order valence-corrected chi connectivity index (χ1v) is 11.8. The predicted molar refractivity (Wildman–Crippen MR) is 110 cm³/mol. The third kappa shape index (κ3) is 6.10. The Morgan fingerprint density at radius 3 is 2.30 bits per heavy atom. The fraction of sp³-hybridized carbons (Fsp3) is 0.737.